The Morgan fingerprint density at radius 1 is 1.27 bits per heavy atom. The molecule has 1 aliphatic rings. The maximum absolute atomic E-state index is 12.9. The second kappa shape index (κ2) is 7.63. The van der Waals surface area contributed by atoms with Gasteiger partial charge in [0, 0.05) is 17.3 Å². The number of halogens is 3. The van der Waals surface area contributed by atoms with Crippen LogP contribution in [0.15, 0.2) is 36.5 Å². The van der Waals surface area contributed by atoms with Crippen molar-refractivity contribution in [2.24, 2.45) is 0 Å². The highest BCUT2D eigenvalue weighted by atomic mass is 32.2. The fourth-order valence-corrected chi connectivity index (χ4v) is 4.39. The summed E-state index contributed by atoms with van der Waals surface area (Å²) in [5.74, 6) is -0.311. The van der Waals surface area contributed by atoms with Crippen molar-refractivity contribution in [1.82, 2.24) is 14.8 Å². The van der Waals surface area contributed by atoms with Crippen LogP contribution in [0.1, 0.15) is 39.0 Å². The summed E-state index contributed by atoms with van der Waals surface area (Å²) in [7, 11) is 0. The number of aromatic nitrogens is 3. The number of nitrogens with zero attached hydrogens (tertiary/aromatic N) is 3. The second-order valence-corrected chi connectivity index (χ2v) is 7.90. The molecule has 1 amide bonds. The molecule has 3 aromatic rings. The molecular weight excluding hydrogens is 421 g/mol. The van der Waals surface area contributed by atoms with E-state index in [2.05, 4.69) is 15.4 Å². The molecule has 0 radical (unpaired) electrons. The van der Waals surface area contributed by atoms with E-state index >= 15 is 0 Å². The molecule has 1 saturated heterocycles. The van der Waals surface area contributed by atoms with Crippen LogP contribution >= 0.6 is 11.8 Å². The smallest absolute Gasteiger partial charge is 0.433 e. The zero-order chi connectivity index (χ0) is 21.5. The van der Waals surface area contributed by atoms with Crippen molar-refractivity contribution in [3.05, 3.63) is 53.5 Å². The van der Waals surface area contributed by atoms with Gasteiger partial charge < -0.3 is 10.4 Å². The average molecular weight is 436 g/mol. The van der Waals surface area contributed by atoms with Gasteiger partial charge in [-0.2, -0.15) is 30.0 Å². The highest BCUT2D eigenvalue weighted by Gasteiger charge is 2.33. The molecule has 156 valence electrons. The van der Waals surface area contributed by atoms with Gasteiger partial charge in [0.05, 0.1) is 22.8 Å². The van der Waals surface area contributed by atoms with Crippen LogP contribution in [0, 0.1) is 0 Å². The molecule has 0 aliphatic carbocycles. The van der Waals surface area contributed by atoms with E-state index in [9.17, 15) is 27.9 Å². The van der Waals surface area contributed by atoms with E-state index in [1.807, 2.05) is 11.8 Å². The van der Waals surface area contributed by atoms with Crippen molar-refractivity contribution in [1.29, 1.82) is 0 Å². The quantitative estimate of drug-likeness (QED) is 0.640. The summed E-state index contributed by atoms with van der Waals surface area (Å²) in [5, 5.41) is 17.0. The molecule has 1 fully saturated rings. The van der Waals surface area contributed by atoms with Crippen LogP contribution in [0.2, 0.25) is 0 Å². The largest absolute Gasteiger partial charge is 0.478 e. The van der Waals surface area contributed by atoms with Gasteiger partial charge >= 0.3 is 12.1 Å². The number of carbonyl (C=O) groups is 2. The number of hydrogen-bond acceptors (Lipinski definition) is 5. The van der Waals surface area contributed by atoms with Crippen molar-refractivity contribution < 1.29 is 27.9 Å². The van der Waals surface area contributed by atoms with Crippen LogP contribution in [0.5, 0.6) is 0 Å². The number of rotatable bonds is 4. The van der Waals surface area contributed by atoms with E-state index in [-0.39, 0.29) is 17.3 Å². The molecule has 4 rings (SSSR count). The number of aromatic carboxylic acids is 1. The normalized spacial score (nSPS) is 16.7. The van der Waals surface area contributed by atoms with Gasteiger partial charge in [-0.1, -0.05) is 6.07 Å². The lowest BCUT2D eigenvalue weighted by molar-refractivity contribution is -0.141. The number of hydrogen-bond donors (Lipinski definition) is 2. The van der Waals surface area contributed by atoms with Gasteiger partial charge in [0.2, 0.25) is 0 Å². The van der Waals surface area contributed by atoms with E-state index in [4.69, 9.17) is 0 Å². The number of pyridine rings is 1. The van der Waals surface area contributed by atoms with Crippen molar-refractivity contribution in [3.8, 4) is 0 Å². The van der Waals surface area contributed by atoms with Crippen LogP contribution in [-0.4, -0.2) is 43.3 Å². The van der Waals surface area contributed by atoms with E-state index in [1.165, 1.54) is 12.1 Å². The summed E-state index contributed by atoms with van der Waals surface area (Å²) in [4.78, 5) is 27.5. The number of fused-ring (bicyclic) bond motifs is 1. The van der Waals surface area contributed by atoms with Crippen LogP contribution in [0.3, 0.4) is 0 Å². The lowest BCUT2D eigenvalue weighted by Gasteiger charge is -2.10. The zero-order valence-corrected chi connectivity index (χ0v) is 16.1. The predicted molar refractivity (Wildman–Crippen MR) is 105 cm³/mol. The first-order chi connectivity index (χ1) is 14.2. The molecule has 0 saturated carbocycles. The van der Waals surface area contributed by atoms with Crippen molar-refractivity contribution >= 4 is 40.2 Å². The minimum Gasteiger partial charge on any atom is -0.478 e. The Morgan fingerprint density at radius 3 is 2.73 bits per heavy atom. The molecule has 30 heavy (non-hydrogen) atoms. The molecule has 3 heterocycles. The Morgan fingerprint density at radius 2 is 2.07 bits per heavy atom. The van der Waals surface area contributed by atoms with Gasteiger partial charge in [-0.3, -0.25) is 9.48 Å². The average Bonchev–Trinajstić information content (AvgIpc) is 3.36. The number of nitrogens with one attached hydrogen (secondary N) is 1. The summed E-state index contributed by atoms with van der Waals surface area (Å²) in [6, 6.07) is 5.94. The number of amides is 1. The predicted octanol–water partition coefficient (Wildman–Crippen LogP) is 4.08. The highest BCUT2D eigenvalue weighted by molar-refractivity contribution is 7.99. The van der Waals surface area contributed by atoms with E-state index < -0.39 is 29.4 Å². The molecule has 1 atom stereocenters. The summed E-state index contributed by atoms with van der Waals surface area (Å²) in [6.45, 7) is 0. The number of anilines is 1. The monoisotopic (exact) mass is 436 g/mol. The molecule has 7 nitrogen and oxygen atoms in total. The molecule has 2 aromatic heterocycles. The Hall–Kier alpha value is -3.08. The van der Waals surface area contributed by atoms with Crippen LogP contribution in [0.4, 0.5) is 18.9 Å². The number of carbonyl (C=O) groups excluding carboxylic acids is 1. The van der Waals surface area contributed by atoms with E-state index in [0.717, 1.165) is 36.1 Å². The standard InChI is InChI=1S/C19H15F3N4O3S/c20-19(21,22)16-3-1-2-13(23-16)17(27)24-15-6-10-8-26(11-4-5-30-9-11)25-14(10)7-12(15)18(28)29/h1-3,6-8,11H,4-5,9H2,(H,24,27)(H,28,29)/t11-/m0/s1. The Labute approximate surface area is 172 Å². The maximum Gasteiger partial charge on any atom is 0.433 e. The molecule has 11 heteroatoms. The van der Waals surface area contributed by atoms with Crippen LogP contribution in [-0.2, 0) is 6.18 Å². The SMILES string of the molecule is O=C(Nc1cc2cn([C@H]3CCSC3)nc2cc1C(=O)O)c1cccc(C(F)(F)F)n1. The Balaban J connectivity index is 1.68. The third kappa shape index (κ3) is 3.97. The fraction of sp³-hybridized carbons (Fsp3) is 0.263. The topological polar surface area (TPSA) is 97.1 Å². The summed E-state index contributed by atoms with van der Waals surface area (Å²) in [6.07, 6.45) is -1.97. The fourth-order valence-electron chi connectivity index (χ4n) is 3.19. The maximum atomic E-state index is 12.9. The van der Waals surface area contributed by atoms with Crippen molar-refractivity contribution in [2.45, 2.75) is 18.6 Å². The molecule has 0 unspecified atom stereocenters. The molecule has 2 N–H and O–H groups in total. The lowest BCUT2D eigenvalue weighted by atomic mass is 10.1. The number of benzene rings is 1. The van der Waals surface area contributed by atoms with Gasteiger partial charge in [-0.15, -0.1) is 0 Å². The minimum atomic E-state index is -4.70. The van der Waals surface area contributed by atoms with Gasteiger partial charge in [-0.25, -0.2) is 9.78 Å². The first kappa shape index (κ1) is 20.2. The third-order valence-electron chi connectivity index (χ3n) is 4.69. The molecule has 1 aromatic carbocycles. The van der Waals surface area contributed by atoms with Crippen molar-refractivity contribution in [3.63, 3.8) is 0 Å². The number of carboxylic acids is 1. The molecule has 0 spiro atoms. The summed E-state index contributed by atoms with van der Waals surface area (Å²) < 4.78 is 40.3. The van der Waals surface area contributed by atoms with Gasteiger partial charge in [0.1, 0.15) is 11.4 Å². The summed E-state index contributed by atoms with van der Waals surface area (Å²) in [5.41, 5.74) is -1.48. The molecule has 1 aliphatic heterocycles. The Bertz CT molecular complexity index is 1140. The minimum absolute atomic E-state index is 0.0421. The summed E-state index contributed by atoms with van der Waals surface area (Å²) >= 11 is 1.81. The molecule has 0 bridgehead atoms. The van der Waals surface area contributed by atoms with E-state index in [1.54, 1.807) is 10.9 Å². The highest BCUT2D eigenvalue weighted by Crippen LogP contribution is 2.31. The first-order valence-electron chi connectivity index (χ1n) is 8.92. The van der Waals surface area contributed by atoms with Gasteiger partial charge in [0.25, 0.3) is 5.91 Å². The van der Waals surface area contributed by atoms with Crippen molar-refractivity contribution in [2.75, 3.05) is 16.8 Å². The number of thioether (sulfide) groups is 1. The number of alkyl halides is 3. The van der Waals surface area contributed by atoms with Gasteiger partial charge in [-0.05, 0) is 36.4 Å². The second-order valence-electron chi connectivity index (χ2n) is 6.75. The first-order valence-corrected chi connectivity index (χ1v) is 10.1. The van der Waals surface area contributed by atoms with Gasteiger partial charge in [0.15, 0.2) is 0 Å². The lowest BCUT2D eigenvalue weighted by Crippen LogP contribution is -2.18. The van der Waals surface area contributed by atoms with Crippen LogP contribution in [0.25, 0.3) is 10.9 Å². The van der Waals surface area contributed by atoms with E-state index in [0.29, 0.717) is 10.9 Å². The third-order valence-corrected chi connectivity index (χ3v) is 5.84. The Kier molecular flexibility index (Phi) is 5.14. The number of carboxylic acid groups (broad SMARTS) is 1. The zero-order valence-electron chi connectivity index (χ0n) is 15.3. The van der Waals surface area contributed by atoms with Crippen LogP contribution < -0.4 is 5.32 Å². The molecular formula is C19H15F3N4O3S.